The maximum absolute atomic E-state index is 14.0. The van der Waals surface area contributed by atoms with Gasteiger partial charge in [0.15, 0.2) is 0 Å². The fraction of sp³-hybridized carbons (Fsp3) is 0.404. The Morgan fingerprint density at radius 1 is 0.812 bits per heavy atom. The highest BCUT2D eigenvalue weighted by Crippen LogP contribution is 2.60. The van der Waals surface area contributed by atoms with Gasteiger partial charge in [-0.05, 0) is 174 Å². The van der Waals surface area contributed by atoms with Gasteiger partial charge in [0.05, 0.1) is 39.8 Å². The molecule has 0 aliphatic heterocycles. The van der Waals surface area contributed by atoms with Gasteiger partial charge >= 0.3 is 0 Å². The molecule has 6 aromatic rings. The lowest BCUT2D eigenvalue weighted by molar-refractivity contribution is -0.126. The van der Waals surface area contributed by atoms with Crippen LogP contribution in [0.4, 0.5) is 16.3 Å². The van der Waals surface area contributed by atoms with Gasteiger partial charge in [0, 0.05) is 47.3 Å². The first kappa shape index (κ1) is 46.3. The Balaban J connectivity index is 0.821. The lowest BCUT2D eigenvalue weighted by Crippen LogP contribution is -2.52. The monoisotopic (exact) mass is 956 g/mol. The molecule has 4 aromatic carbocycles. The second kappa shape index (κ2) is 18.8. The number of aromatic nitrogens is 4. The number of ether oxygens (including phenoxy) is 1. The third kappa shape index (κ3) is 9.51. The average Bonchev–Trinajstić information content (AvgIpc) is 3.88. The predicted octanol–water partition coefficient (Wildman–Crippen LogP) is 8.57. The molecule has 5 aliphatic carbocycles. The van der Waals surface area contributed by atoms with Gasteiger partial charge < -0.3 is 24.3 Å². The number of imidazole rings is 2. The number of anilines is 2. The molecule has 17 heteroatoms. The molecule has 360 valence electrons. The van der Waals surface area contributed by atoms with Gasteiger partial charge in [-0.3, -0.25) is 25.0 Å². The Bertz CT molecular complexity index is 3050. The summed E-state index contributed by atoms with van der Waals surface area (Å²) in [5.74, 6) is 1.60. The van der Waals surface area contributed by atoms with Crippen LogP contribution in [0.25, 0.3) is 22.1 Å². The number of aliphatic hydroxyl groups excluding tert-OH is 1. The van der Waals surface area contributed by atoms with Crippen molar-refractivity contribution in [2.45, 2.75) is 107 Å². The molecule has 15 nitrogen and oxygen atoms in total. The first-order valence-corrected chi connectivity index (χ1v) is 25.5. The second-order valence-corrected chi connectivity index (χ2v) is 21.6. The van der Waals surface area contributed by atoms with Gasteiger partial charge in [0.25, 0.3) is 11.8 Å². The van der Waals surface area contributed by atoms with Crippen LogP contribution < -0.4 is 25.4 Å². The Morgan fingerprint density at radius 2 is 1.46 bits per heavy atom. The number of amides is 3. The lowest BCUT2D eigenvalue weighted by Gasteiger charge is -2.57. The standard InChI is InChI=1S/C52H57FN8O7S/c1-31(2)55-47(63)37-10-14-40(15-11-37)60-45-26-41(16-18-43(45)56-50(60)58-48(64)36-8-12-39(53)13-9-36)68-20-4-19-54-69(66,67)42-6-3-5-38(25-42)49(65)59-51-57-44-17-7-32(30-62)24-46(44)61(51)52-27-33-21-34(28-52)23-35(22-33)29-52/h3-9,12-13,16-18,20,24-26,31,33-35,37,40,54,62H,10-11,14-15,19,21-23,27-30H2,1-2H3,(H,55,63)(H,56,58,64)(H,57,59,65)/b20-4+. The SMILES string of the molecule is CC(C)NC(=O)C1CCC(n2c(NC(=O)c3ccc(F)cc3)nc3ccc(O/C=C/CNS(=O)(=O)c4cccc(C(=O)Nc5nc6ccc(CO)cc6n5C56CC7CC(CC(C7)C5)C6)c4)cc32)CC1. The molecule has 69 heavy (non-hydrogen) atoms. The molecule has 0 atom stereocenters. The maximum Gasteiger partial charge on any atom is 0.258 e. The molecule has 2 heterocycles. The number of rotatable bonds is 15. The highest BCUT2D eigenvalue weighted by molar-refractivity contribution is 7.89. The Morgan fingerprint density at radius 3 is 2.16 bits per heavy atom. The summed E-state index contributed by atoms with van der Waals surface area (Å²) < 4.78 is 53.5. The van der Waals surface area contributed by atoms with E-state index in [4.69, 9.17) is 14.7 Å². The van der Waals surface area contributed by atoms with Crippen LogP contribution in [0.3, 0.4) is 0 Å². The number of carbonyl (C=O) groups excluding carboxylic acids is 3. The molecule has 0 spiro atoms. The number of fused-ring (bicyclic) bond motifs is 2. The first-order valence-electron chi connectivity index (χ1n) is 24.0. The fourth-order valence-corrected chi connectivity index (χ4v) is 12.9. The van der Waals surface area contributed by atoms with Gasteiger partial charge in [-0.25, -0.2) is 27.5 Å². The minimum absolute atomic E-state index is 0.0318. The van der Waals surface area contributed by atoms with Crippen molar-refractivity contribution in [1.82, 2.24) is 29.1 Å². The van der Waals surface area contributed by atoms with Gasteiger partial charge in [0.1, 0.15) is 11.6 Å². The normalized spacial score (nSPS) is 23.2. The molecular formula is C52H57FN8O7S. The molecule has 11 rings (SSSR count). The van der Waals surface area contributed by atoms with Crippen LogP contribution >= 0.6 is 0 Å². The number of nitrogens with one attached hydrogen (secondary N) is 4. The molecule has 0 saturated heterocycles. The van der Waals surface area contributed by atoms with E-state index in [1.807, 2.05) is 36.6 Å². The van der Waals surface area contributed by atoms with E-state index in [1.165, 1.54) is 74.1 Å². The summed E-state index contributed by atoms with van der Waals surface area (Å²) >= 11 is 0. The number of halogens is 1. The third-order valence-corrected chi connectivity index (χ3v) is 16.0. The molecule has 0 unspecified atom stereocenters. The van der Waals surface area contributed by atoms with E-state index >= 15 is 0 Å². The molecule has 5 aliphatic rings. The van der Waals surface area contributed by atoms with E-state index in [9.17, 15) is 32.3 Å². The van der Waals surface area contributed by atoms with Crippen molar-refractivity contribution in [3.8, 4) is 5.75 Å². The zero-order valence-electron chi connectivity index (χ0n) is 38.7. The smallest absolute Gasteiger partial charge is 0.258 e. The van der Waals surface area contributed by atoms with Crippen molar-refractivity contribution in [2.24, 2.45) is 23.7 Å². The highest BCUT2D eigenvalue weighted by Gasteiger charge is 2.53. The fourth-order valence-electron chi connectivity index (χ4n) is 11.9. The summed E-state index contributed by atoms with van der Waals surface area (Å²) in [4.78, 5) is 49.7. The summed E-state index contributed by atoms with van der Waals surface area (Å²) in [5.41, 5.74) is 3.91. The quantitative estimate of drug-likeness (QED) is 0.0626. The topological polar surface area (TPSA) is 199 Å². The largest absolute Gasteiger partial charge is 0.465 e. The predicted molar refractivity (Wildman–Crippen MR) is 260 cm³/mol. The van der Waals surface area contributed by atoms with Crippen molar-refractivity contribution in [2.75, 3.05) is 17.2 Å². The number of aliphatic hydroxyl groups is 1. The van der Waals surface area contributed by atoms with E-state index in [-0.39, 0.29) is 58.6 Å². The summed E-state index contributed by atoms with van der Waals surface area (Å²) in [7, 11) is -4.06. The van der Waals surface area contributed by atoms with Crippen LogP contribution in [-0.2, 0) is 27.0 Å². The number of benzene rings is 4. The zero-order chi connectivity index (χ0) is 48.0. The van der Waals surface area contributed by atoms with Crippen molar-refractivity contribution in [1.29, 1.82) is 0 Å². The Kier molecular flexibility index (Phi) is 12.6. The van der Waals surface area contributed by atoms with Crippen molar-refractivity contribution < 1.29 is 37.0 Å². The van der Waals surface area contributed by atoms with Crippen molar-refractivity contribution >= 4 is 61.7 Å². The Hall–Kier alpha value is -6.43. The van der Waals surface area contributed by atoms with Crippen LogP contribution in [0.5, 0.6) is 5.75 Å². The molecule has 2 aromatic heterocycles. The van der Waals surface area contributed by atoms with Gasteiger partial charge in [-0.1, -0.05) is 12.1 Å². The van der Waals surface area contributed by atoms with Crippen LogP contribution in [-0.4, -0.2) is 62.9 Å². The van der Waals surface area contributed by atoms with Crippen molar-refractivity contribution in [3.05, 3.63) is 120 Å². The first-order chi connectivity index (χ1) is 33.2. The molecule has 5 fully saturated rings. The number of sulfonamides is 1. The third-order valence-electron chi connectivity index (χ3n) is 14.6. The van der Waals surface area contributed by atoms with Crippen molar-refractivity contribution in [3.63, 3.8) is 0 Å². The molecule has 3 amide bonds. The second-order valence-electron chi connectivity index (χ2n) is 19.8. The van der Waals surface area contributed by atoms with E-state index in [2.05, 4.69) is 25.2 Å². The minimum atomic E-state index is -4.06. The number of carbonyl (C=O) groups is 3. The summed E-state index contributed by atoms with van der Waals surface area (Å²) in [5, 5.41) is 19.0. The maximum atomic E-state index is 14.0. The number of hydrogen-bond acceptors (Lipinski definition) is 9. The molecule has 0 radical (unpaired) electrons. The zero-order valence-corrected chi connectivity index (χ0v) is 39.5. The van der Waals surface area contributed by atoms with Crippen LogP contribution in [0.1, 0.15) is 110 Å². The van der Waals surface area contributed by atoms with E-state index in [1.54, 1.807) is 24.3 Å². The van der Waals surface area contributed by atoms with Gasteiger partial charge in [-0.15, -0.1) is 0 Å². The average molecular weight is 957 g/mol. The van der Waals surface area contributed by atoms with Crippen LogP contribution in [0, 0.1) is 29.5 Å². The molecule has 4 bridgehead atoms. The molecular weight excluding hydrogens is 900 g/mol. The van der Waals surface area contributed by atoms with Crippen LogP contribution in [0.2, 0.25) is 0 Å². The highest BCUT2D eigenvalue weighted by atomic mass is 32.2. The lowest BCUT2D eigenvalue weighted by atomic mass is 9.53. The van der Waals surface area contributed by atoms with Gasteiger partial charge in [-0.2, -0.15) is 0 Å². The summed E-state index contributed by atoms with van der Waals surface area (Å²) in [6, 6.07) is 22.0. The van der Waals surface area contributed by atoms with E-state index in [0.29, 0.717) is 72.1 Å². The minimum Gasteiger partial charge on any atom is -0.465 e. The van der Waals surface area contributed by atoms with Crippen LogP contribution in [0.15, 0.2) is 102 Å². The molecule has 5 N–H and O–H groups in total. The number of nitrogens with zero attached hydrogens (tertiary/aromatic N) is 4. The number of hydrogen-bond donors (Lipinski definition) is 5. The summed E-state index contributed by atoms with van der Waals surface area (Å²) in [6.07, 6.45) is 12.3. The van der Waals surface area contributed by atoms with Gasteiger partial charge in [0.2, 0.25) is 27.8 Å². The van der Waals surface area contributed by atoms with E-state index < -0.39 is 27.7 Å². The molecule has 5 saturated carbocycles. The van der Waals surface area contributed by atoms with E-state index in [0.717, 1.165) is 35.9 Å². The summed E-state index contributed by atoms with van der Waals surface area (Å²) in [6.45, 7) is 3.65. The Labute approximate surface area is 400 Å².